The number of nitrogens with zero attached hydrogens (tertiary/aromatic N) is 2. The Bertz CT molecular complexity index is 896. The van der Waals surface area contributed by atoms with Crippen LogP contribution in [-0.2, 0) is 11.2 Å². The Hall–Kier alpha value is -2.33. The van der Waals surface area contributed by atoms with Crippen molar-refractivity contribution in [2.45, 2.75) is 38.1 Å². The summed E-state index contributed by atoms with van der Waals surface area (Å²) < 4.78 is 0. The Balaban J connectivity index is 1.63. The second-order valence-electron chi connectivity index (χ2n) is 7.34. The van der Waals surface area contributed by atoms with Crippen LogP contribution >= 0.6 is 11.6 Å². The van der Waals surface area contributed by atoms with Crippen molar-refractivity contribution in [2.24, 2.45) is 0 Å². The van der Waals surface area contributed by atoms with Crippen LogP contribution in [0.15, 0.2) is 42.5 Å². The first kappa shape index (κ1) is 18.1. The zero-order chi connectivity index (χ0) is 19.0. The van der Waals surface area contributed by atoms with Crippen molar-refractivity contribution in [3.63, 3.8) is 0 Å². The SMILES string of the molecule is CN(C(=O)c1ccc(Cl)c(N2CCCC2=O)c1)[C@H]1CCCc2ccccc21. The van der Waals surface area contributed by atoms with Gasteiger partial charge in [0.05, 0.1) is 16.8 Å². The first-order valence-corrected chi connectivity index (χ1v) is 9.89. The Kier molecular flexibility index (Phi) is 4.92. The van der Waals surface area contributed by atoms with Gasteiger partial charge in [-0.1, -0.05) is 35.9 Å². The fraction of sp³-hybridized carbons (Fsp3) is 0.364. The summed E-state index contributed by atoms with van der Waals surface area (Å²) in [5.74, 6) is 0.0253. The smallest absolute Gasteiger partial charge is 0.254 e. The number of hydrogen-bond donors (Lipinski definition) is 0. The summed E-state index contributed by atoms with van der Waals surface area (Å²) in [5, 5.41) is 0.507. The fourth-order valence-electron chi connectivity index (χ4n) is 4.23. The lowest BCUT2D eigenvalue weighted by molar-refractivity contribution is -0.117. The van der Waals surface area contributed by atoms with Crippen LogP contribution in [0.2, 0.25) is 5.02 Å². The summed E-state index contributed by atoms with van der Waals surface area (Å²) in [7, 11) is 1.87. The molecule has 2 aliphatic rings. The zero-order valence-corrected chi connectivity index (χ0v) is 16.2. The molecule has 5 heteroatoms. The van der Waals surface area contributed by atoms with E-state index in [1.165, 1.54) is 11.1 Å². The lowest BCUT2D eigenvalue weighted by atomic mass is 9.87. The Morgan fingerprint density at radius 1 is 1.15 bits per heavy atom. The van der Waals surface area contributed by atoms with Crippen LogP contribution in [0, 0.1) is 0 Å². The van der Waals surface area contributed by atoms with E-state index in [0.717, 1.165) is 25.7 Å². The Morgan fingerprint density at radius 2 is 1.96 bits per heavy atom. The number of halogens is 1. The topological polar surface area (TPSA) is 40.6 Å². The average Bonchev–Trinajstić information content (AvgIpc) is 3.12. The molecule has 2 amide bonds. The van der Waals surface area contributed by atoms with Gasteiger partial charge in [0.15, 0.2) is 0 Å². The Labute approximate surface area is 164 Å². The maximum Gasteiger partial charge on any atom is 0.254 e. The molecule has 0 spiro atoms. The average molecular weight is 383 g/mol. The van der Waals surface area contributed by atoms with Gasteiger partial charge < -0.3 is 9.80 Å². The number of fused-ring (bicyclic) bond motifs is 1. The second kappa shape index (κ2) is 7.35. The van der Waals surface area contributed by atoms with Crippen LogP contribution < -0.4 is 4.90 Å². The van der Waals surface area contributed by atoms with Gasteiger partial charge in [0.2, 0.25) is 5.91 Å². The van der Waals surface area contributed by atoms with Crippen molar-refractivity contribution in [2.75, 3.05) is 18.5 Å². The minimum atomic E-state index is -0.0405. The molecule has 27 heavy (non-hydrogen) atoms. The van der Waals surface area contributed by atoms with E-state index >= 15 is 0 Å². The molecule has 1 aliphatic heterocycles. The predicted molar refractivity (Wildman–Crippen MR) is 107 cm³/mol. The maximum atomic E-state index is 13.2. The highest BCUT2D eigenvalue weighted by Crippen LogP contribution is 2.35. The van der Waals surface area contributed by atoms with E-state index in [1.807, 2.05) is 18.0 Å². The van der Waals surface area contributed by atoms with Crippen molar-refractivity contribution < 1.29 is 9.59 Å². The number of amides is 2. The molecule has 0 N–H and O–H groups in total. The fourth-order valence-corrected chi connectivity index (χ4v) is 4.45. The summed E-state index contributed by atoms with van der Waals surface area (Å²) in [6.45, 7) is 0.655. The molecule has 2 aromatic rings. The van der Waals surface area contributed by atoms with Gasteiger partial charge in [0.1, 0.15) is 0 Å². The van der Waals surface area contributed by atoms with E-state index in [9.17, 15) is 9.59 Å². The number of anilines is 1. The van der Waals surface area contributed by atoms with Crippen LogP contribution in [0.4, 0.5) is 5.69 Å². The first-order chi connectivity index (χ1) is 13.1. The standard InChI is InChI=1S/C22H23ClN2O2/c1-24(19-9-4-7-15-6-2-3-8-17(15)19)22(27)16-11-12-18(23)20(14-16)25-13-5-10-21(25)26/h2-3,6,8,11-12,14,19H,4-5,7,9-10,13H2,1H3/t19-/m0/s1. The number of carbonyl (C=O) groups is 2. The molecule has 0 unspecified atom stereocenters. The van der Waals surface area contributed by atoms with Gasteiger partial charge in [-0.25, -0.2) is 0 Å². The molecule has 1 fully saturated rings. The van der Waals surface area contributed by atoms with Gasteiger partial charge in [-0.15, -0.1) is 0 Å². The molecule has 0 saturated carbocycles. The third-order valence-corrected chi connectivity index (χ3v) is 6.00. The third-order valence-electron chi connectivity index (χ3n) is 5.68. The highest BCUT2D eigenvalue weighted by Gasteiger charge is 2.29. The maximum absolute atomic E-state index is 13.2. The van der Waals surface area contributed by atoms with Crippen LogP contribution in [-0.4, -0.2) is 30.3 Å². The zero-order valence-electron chi connectivity index (χ0n) is 15.5. The van der Waals surface area contributed by atoms with Crippen molar-refractivity contribution in [1.29, 1.82) is 0 Å². The predicted octanol–water partition coefficient (Wildman–Crippen LogP) is 4.62. The molecule has 0 radical (unpaired) electrons. The largest absolute Gasteiger partial charge is 0.335 e. The van der Waals surface area contributed by atoms with Crippen molar-refractivity contribution >= 4 is 29.1 Å². The second-order valence-corrected chi connectivity index (χ2v) is 7.75. The van der Waals surface area contributed by atoms with Crippen LogP contribution in [0.25, 0.3) is 0 Å². The summed E-state index contributed by atoms with van der Waals surface area (Å²) >= 11 is 6.32. The van der Waals surface area contributed by atoms with E-state index in [0.29, 0.717) is 29.2 Å². The summed E-state index contributed by atoms with van der Waals surface area (Å²) in [6, 6.07) is 13.7. The van der Waals surface area contributed by atoms with Gasteiger partial charge >= 0.3 is 0 Å². The molecule has 140 valence electrons. The highest BCUT2D eigenvalue weighted by molar-refractivity contribution is 6.34. The quantitative estimate of drug-likeness (QED) is 0.777. The lowest BCUT2D eigenvalue weighted by Crippen LogP contribution is -2.33. The molecular formula is C22H23ClN2O2. The molecule has 1 aliphatic carbocycles. The number of aryl methyl sites for hydroxylation is 1. The summed E-state index contributed by atoms with van der Waals surface area (Å²) in [5.41, 5.74) is 3.78. The monoisotopic (exact) mass is 382 g/mol. The Morgan fingerprint density at radius 3 is 2.74 bits per heavy atom. The summed E-state index contributed by atoms with van der Waals surface area (Å²) in [4.78, 5) is 28.8. The van der Waals surface area contributed by atoms with Gasteiger partial charge in [-0.2, -0.15) is 0 Å². The number of benzene rings is 2. The molecule has 1 heterocycles. The number of hydrogen-bond acceptors (Lipinski definition) is 2. The van der Waals surface area contributed by atoms with E-state index in [2.05, 4.69) is 18.2 Å². The van der Waals surface area contributed by atoms with Crippen LogP contribution in [0.5, 0.6) is 0 Å². The third kappa shape index (κ3) is 3.34. The van der Waals surface area contributed by atoms with Crippen molar-refractivity contribution in [3.05, 3.63) is 64.2 Å². The number of carbonyl (C=O) groups excluding carboxylic acids is 2. The van der Waals surface area contributed by atoms with Crippen LogP contribution in [0.3, 0.4) is 0 Å². The van der Waals surface area contributed by atoms with E-state index in [4.69, 9.17) is 11.6 Å². The summed E-state index contributed by atoms with van der Waals surface area (Å²) in [6.07, 6.45) is 4.47. The van der Waals surface area contributed by atoms with Gasteiger partial charge in [0, 0.05) is 25.6 Å². The molecule has 1 saturated heterocycles. The van der Waals surface area contributed by atoms with Gasteiger partial charge in [-0.3, -0.25) is 9.59 Å². The minimum absolute atomic E-state index is 0.0405. The van der Waals surface area contributed by atoms with Crippen LogP contribution in [0.1, 0.15) is 53.2 Å². The molecule has 4 nitrogen and oxygen atoms in total. The van der Waals surface area contributed by atoms with Crippen molar-refractivity contribution in [1.82, 2.24) is 4.90 Å². The van der Waals surface area contributed by atoms with E-state index in [1.54, 1.807) is 23.1 Å². The van der Waals surface area contributed by atoms with Gasteiger partial charge in [0.25, 0.3) is 5.91 Å². The first-order valence-electron chi connectivity index (χ1n) is 9.51. The number of rotatable bonds is 3. The van der Waals surface area contributed by atoms with Gasteiger partial charge in [-0.05, 0) is 55.0 Å². The molecule has 0 aromatic heterocycles. The molecule has 1 atom stereocenters. The molecular weight excluding hydrogens is 360 g/mol. The van der Waals surface area contributed by atoms with E-state index in [-0.39, 0.29) is 17.9 Å². The highest BCUT2D eigenvalue weighted by atomic mass is 35.5. The van der Waals surface area contributed by atoms with E-state index < -0.39 is 0 Å². The lowest BCUT2D eigenvalue weighted by Gasteiger charge is -2.33. The molecule has 4 rings (SSSR count). The normalized spacial score (nSPS) is 19.1. The minimum Gasteiger partial charge on any atom is -0.335 e. The molecule has 2 aromatic carbocycles. The van der Waals surface area contributed by atoms with Crippen molar-refractivity contribution in [3.8, 4) is 0 Å². The molecule has 0 bridgehead atoms.